The second kappa shape index (κ2) is 8.97. The molecule has 0 unspecified atom stereocenters. The Kier molecular flexibility index (Phi) is 6.59. The van der Waals surface area contributed by atoms with E-state index in [2.05, 4.69) is 11.4 Å². The molecule has 1 N–H and O–H groups in total. The molecule has 0 aliphatic heterocycles. The molecule has 3 rings (SSSR count). The minimum Gasteiger partial charge on any atom is -0.495 e. The molecule has 0 saturated carbocycles. The number of amides is 1. The maximum atomic E-state index is 13.2. The molecule has 0 heterocycles. The number of fused-ring (bicyclic) bond motifs is 1. The van der Waals surface area contributed by atoms with Crippen molar-refractivity contribution in [3.8, 4) is 5.75 Å². The molecule has 0 spiro atoms. The molecule has 1 aliphatic carbocycles. The van der Waals surface area contributed by atoms with Crippen LogP contribution in [0.1, 0.15) is 42.5 Å². The molecule has 1 amide bonds. The number of carbonyl (C=O) groups is 1. The number of methoxy groups -OCH3 is 1. The molecule has 29 heavy (non-hydrogen) atoms. The summed E-state index contributed by atoms with van der Waals surface area (Å²) in [6.07, 6.45) is 2.86. The third-order valence-corrected chi connectivity index (χ3v) is 7.26. The molecule has 0 fully saturated rings. The number of likely N-dealkylation sites (N-methyl/N-ethyl adjacent to an activating group) is 1. The third kappa shape index (κ3) is 4.62. The highest BCUT2D eigenvalue weighted by molar-refractivity contribution is 7.89. The Labute approximate surface area is 172 Å². The molecule has 1 aliphatic rings. The molecule has 2 aromatic carbocycles. The lowest BCUT2D eigenvalue weighted by molar-refractivity contribution is -0.122. The average Bonchev–Trinajstić information content (AvgIpc) is 2.72. The lowest BCUT2D eigenvalue weighted by Crippen LogP contribution is -2.42. The van der Waals surface area contributed by atoms with Crippen molar-refractivity contribution in [2.45, 2.75) is 44.0 Å². The second-order valence-corrected chi connectivity index (χ2v) is 9.20. The van der Waals surface area contributed by atoms with E-state index >= 15 is 0 Å². The Morgan fingerprint density at radius 2 is 2.00 bits per heavy atom. The summed E-state index contributed by atoms with van der Waals surface area (Å²) in [7, 11) is -2.43. The van der Waals surface area contributed by atoms with Gasteiger partial charge in [0, 0.05) is 6.54 Å². The summed E-state index contributed by atoms with van der Waals surface area (Å²) in [4.78, 5) is 12.8. The summed E-state index contributed by atoms with van der Waals surface area (Å²) in [5.74, 6) is -0.0283. The summed E-state index contributed by atoms with van der Waals surface area (Å²) in [6, 6.07) is 13.0. The summed E-state index contributed by atoms with van der Waals surface area (Å²) in [5.41, 5.74) is 3.18. The van der Waals surface area contributed by atoms with E-state index in [1.54, 1.807) is 25.1 Å². The number of aryl methyl sites for hydroxylation is 2. The standard InChI is InChI=1S/C22H28N2O4S/c1-4-24(29(26,27)21-14-16(2)12-13-20(21)28-3)15-22(25)23-19-11-7-9-17-8-5-6-10-18(17)19/h5-6,8,10,12-14,19H,4,7,9,11,15H2,1-3H3,(H,23,25)/t19-/m1/s1. The van der Waals surface area contributed by atoms with Crippen molar-refractivity contribution in [1.82, 2.24) is 9.62 Å². The predicted molar refractivity (Wildman–Crippen MR) is 112 cm³/mol. The maximum Gasteiger partial charge on any atom is 0.247 e. The molecule has 0 aromatic heterocycles. The van der Waals surface area contributed by atoms with Gasteiger partial charge in [-0.1, -0.05) is 37.3 Å². The van der Waals surface area contributed by atoms with E-state index in [-0.39, 0.29) is 35.7 Å². The van der Waals surface area contributed by atoms with Crippen LogP contribution in [0.5, 0.6) is 5.75 Å². The molecular formula is C22H28N2O4S. The highest BCUT2D eigenvalue weighted by atomic mass is 32.2. The first kappa shape index (κ1) is 21.3. The van der Waals surface area contributed by atoms with Crippen LogP contribution in [0.25, 0.3) is 0 Å². The van der Waals surface area contributed by atoms with Crippen molar-refractivity contribution in [2.75, 3.05) is 20.2 Å². The van der Waals surface area contributed by atoms with E-state index in [1.165, 1.54) is 17.0 Å². The van der Waals surface area contributed by atoms with Gasteiger partial charge in [0.05, 0.1) is 19.7 Å². The van der Waals surface area contributed by atoms with Gasteiger partial charge in [-0.2, -0.15) is 4.31 Å². The molecule has 0 saturated heterocycles. The smallest absolute Gasteiger partial charge is 0.247 e. The number of sulfonamides is 1. The fourth-order valence-corrected chi connectivity index (χ4v) is 5.44. The van der Waals surface area contributed by atoms with E-state index < -0.39 is 10.0 Å². The van der Waals surface area contributed by atoms with Gasteiger partial charge in [-0.15, -0.1) is 0 Å². The molecule has 2 aromatic rings. The molecule has 156 valence electrons. The zero-order valence-electron chi connectivity index (χ0n) is 17.1. The first-order valence-electron chi connectivity index (χ1n) is 9.88. The van der Waals surface area contributed by atoms with Gasteiger partial charge in [0.15, 0.2) is 0 Å². The minimum absolute atomic E-state index is 0.0811. The van der Waals surface area contributed by atoms with E-state index in [4.69, 9.17) is 4.74 Å². The predicted octanol–water partition coefficient (Wildman–Crippen LogP) is 3.21. The summed E-state index contributed by atoms with van der Waals surface area (Å²) in [6.45, 7) is 3.51. The van der Waals surface area contributed by atoms with Crippen LogP contribution in [0.2, 0.25) is 0 Å². The van der Waals surface area contributed by atoms with Crippen LogP contribution in [0.15, 0.2) is 47.4 Å². The van der Waals surface area contributed by atoms with Crippen molar-refractivity contribution in [2.24, 2.45) is 0 Å². The van der Waals surface area contributed by atoms with Crippen LogP contribution in [0, 0.1) is 6.92 Å². The van der Waals surface area contributed by atoms with Gasteiger partial charge in [-0.3, -0.25) is 4.79 Å². The van der Waals surface area contributed by atoms with E-state index in [9.17, 15) is 13.2 Å². The van der Waals surface area contributed by atoms with Gasteiger partial charge >= 0.3 is 0 Å². The van der Waals surface area contributed by atoms with Crippen molar-refractivity contribution in [1.29, 1.82) is 0 Å². The largest absolute Gasteiger partial charge is 0.495 e. The van der Waals surface area contributed by atoms with Crippen LogP contribution in [-0.2, 0) is 21.2 Å². The van der Waals surface area contributed by atoms with Crippen molar-refractivity contribution in [3.63, 3.8) is 0 Å². The third-order valence-electron chi connectivity index (χ3n) is 5.31. The van der Waals surface area contributed by atoms with Gasteiger partial charge in [0.25, 0.3) is 0 Å². The Hall–Kier alpha value is -2.38. The number of ether oxygens (including phenoxy) is 1. The van der Waals surface area contributed by atoms with Gasteiger partial charge in [-0.25, -0.2) is 8.42 Å². The molecule has 6 nitrogen and oxygen atoms in total. The summed E-state index contributed by atoms with van der Waals surface area (Å²) >= 11 is 0. The fraction of sp³-hybridized carbons (Fsp3) is 0.409. The van der Waals surface area contributed by atoms with E-state index in [1.807, 2.05) is 25.1 Å². The topological polar surface area (TPSA) is 75.7 Å². The first-order chi connectivity index (χ1) is 13.9. The molecular weight excluding hydrogens is 388 g/mol. The molecule has 0 radical (unpaired) electrons. The van der Waals surface area contributed by atoms with Crippen LogP contribution >= 0.6 is 0 Å². The zero-order valence-corrected chi connectivity index (χ0v) is 18.0. The van der Waals surface area contributed by atoms with Gasteiger partial charge in [-0.05, 0) is 55.0 Å². The van der Waals surface area contributed by atoms with Crippen LogP contribution in [0.4, 0.5) is 0 Å². The Bertz CT molecular complexity index is 988. The van der Waals surface area contributed by atoms with Crippen LogP contribution < -0.4 is 10.1 Å². The number of nitrogens with one attached hydrogen (secondary N) is 1. The maximum absolute atomic E-state index is 13.2. The van der Waals surface area contributed by atoms with Crippen molar-refractivity contribution >= 4 is 15.9 Å². The number of carbonyl (C=O) groups excluding carboxylic acids is 1. The van der Waals surface area contributed by atoms with E-state index in [0.29, 0.717) is 0 Å². The summed E-state index contributed by atoms with van der Waals surface area (Å²) < 4.78 is 32.8. The van der Waals surface area contributed by atoms with E-state index in [0.717, 1.165) is 30.4 Å². The quantitative estimate of drug-likeness (QED) is 0.752. The van der Waals surface area contributed by atoms with Crippen LogP contribution in [-0.4, -0.2) is 38.8 Å². The second-order valence-electron chi connectivity index (χ2n) is 7.30. The average molecular weight is 417 g/mol. The van der Waals surface area contributed by atoms with Crippen LogP contribution in [0.3, 0.4) is 0 Å². The number of hydrogen-bond acceptors (Lipinski definition) is 4. The lowest BCUT2D eigenvalue weighted by Gasteiger charge is -2.28. The summed E-state index contributed by atoms with van der Waals surface area (Å²) in [5, 5.41) is 3.03. The Balaban J connectivity index is 1.78. The molecule has 0 bridgehead atoms. The first-order valence-corrected chi connectivity index (χ1v) is 11.3. The number of benzene rings is 2. The number of hydrogen-bond donors (Lipinski definition) is 1. The normalized spacial score (nSPS) is 16.3. The van der Waals surface area contributed by atoms with Gasteiger partial charge in [0.1, 0.15) is 10.6 Å². The molecule has 7 heteroatoms. The Morgan fingerprint density at radius 1 is 1.24 bits per heavy atom. The SMILES string of the molecule is CCN(CC(=O)N[C@@H]1CCCc2ccccc21)S(=O)(=O)c1cc(C)ccc1OC. The highest BCUT2D eigenvalue weighted by Gasteiger charge is 2.30. The van der Waals surface area contributed by atoms with Crippen molar-refractivity contribution in [3.05, 3.63) is 59.2 Å². The monoisotopic (exact) mass is 416 g/mol. The number of rotatable bonds is 7. The Morgan fingerprint density at radius 3 is 2.72 bits per heavy atom. The fourth-order valence-electron chi connectivity index (χ4n) is 3.80. The van der Waals surface area contributed by atoms with Gasteiger partial charge in [0.2, 0.25) is 15.9 Å². The molecule has 1 atom stereocenters. The van der Waals surface area contributed by atoms with Gasteiger partial charge < -0.3 is 10.1 Å². The highest BCUT2D eigenvalue weighted by Crippen LogP contribution is 2.30. The minimum atomic E-state index is -3.87. The zero-order chi connectivity index (χ0) is 21.0. The lowest BCUT2D eigenvalue weighted by atomic mass is 9.88. The number of nitrogens with zero attached hydrogens (tertiary/aromatic N) is 1. The van der Waals surface area contributed by atoms with Crippen molar-refractivity contribution < 1.29 is 17.9 Å².